The molecule has 0 aromatic heterocycles. The highest BCUT2D eigenvalue weighted by Gasteiger charge is 2.28. The molecule has 0 radical (unpaired) electrons. The van der Waals surface area contributed by atoms with Crippen LogP contribution in [0.5, 0.6) is 0 Å². The first-order chi connectivity index (χ1) is 7.43. The Morgan fingerprint density at radius 1 is 1.56 bits per heavy atom. The molecule has 1 N–H and O–H groups in total. The van der Waals surface area contributed by atoms with Gasteiger partial charge in [-0.05, 0) is 12.8 Å². The van der Waals surface area contributed by atoms with Crippen molar-refractivity contribution in [2.24, 2.45) is 0 Å². The molecular formula is C9H17NO5S. The number of nitrogens with zero attached hydrogens (tertiary/aromatic N) is 1. The molecule has 0 aromatic carbocycles. The third-order valence-electron chi connectivity index (χ3n) is 2.65. The molecule has 7 heteroatoms. The van der Waals surface area contributed by atoms with Gasteiger partial charge in [-0.1, -0.05) is 0 Å². The molecule has 1 saturated heterocycles. The molecular weight excluding hydrogens is 234 g/mol. The Hall–Kier alpha value is -0.660. The molecule has 0 saturated carbocycles. The predicted octanol–water partition coefficient (Wildman–Crippen LogP) is -0.0983. The van der Waals surface area contributed by atoms with Gasteiger partial charge in [-0.15, -0.1) is 0 Å². The van der Waals surface area contributed by atoms with E-state index in [1.165, 1.54) is 11.4 Å². The summed E-state index contributed by atoms with van der Waals surface area (Å²) < 4.78 is 30.0. The summed E-state index contributed by atoms with van der Waals surface area (Å²) in [5.41, 5.74) is 0. The number of carbonyl (C=O) groups is 1. The molecule has 1 atom stereocenters. The fourth-order valence-corrected chi connectivity index (χ4v) is 3.00. The van der Waals surface area contributed by atoms with Crippen LogP contribution in [-0.4, -0.2) is 55.9 Å². The Bertz CT molecular complexity index is 334. The van der Waals surface area contributed by atoms with Gasteiger partial charge in [0.15, 0.2) is 0 Å². The van der Waals surface area contributed by atoms with Crippen LogP contribution < -0.4 is 0 Å². The molecule has 1 heterocycles. The minimum Gasteiger partial charge on any atom is -0.481 e. The van der Waals surface area contributed by atoms with Gasteiger partial charge in [0.05, 0.1) is 18.4 Å². The van der Waals surface area contributed by atoms with E-state index in [0.29, 0.717) is 19.6 Å². The number of ether oxygens (including phenoxy) is 1. The zero-order valence-electron chi connectivity index (χ0n) is 9.26. The number of aliphatic carboxylic acids is 1. The molecule has 94 valence electrons. The standard InChI is InChI=1S/C9H17NO5S/c1-10(8-4-5-15-7-8)16(13,14)6-2-3-9(11)12/h8H,2-7H2,1H3,(H,11,12). The number of rotatable bonds is 6. The zero-order valence-corrected chi connectivity index (χ0v) is 10.1. The molecule has 1 aliphatic rings. The van der Waals surface area contributed by atoms with E-state index in [9.17, 15) is 13.2 Å². The van der Waals surface area contributed by atoms with Crippen LogP contribution in [0.1, 0.15) is 19.3 Å². The van der Waals surface area contributed by atoms with Gasteiger partial charge in [0.25, 0.3) is 0 Å². The van der Waals surface area contributed by atoms with E-state index in [2.05, 4.69) is 0 Å². The smallest absolute Gasteiger partial charge is 0.303 e. The quantitative estimate of drug-likeness (QED) is 0.712. The lowest BCUT2D eigenvalue weighted by molar-refractivity contribution is -0.137. The van der Waals surface area contributed by atoms with Crippen molar-refractivity contribution in [3.8, 4) is 0 Å². The van der Waals surface area contributed by atoms with Crippen molar-refractivity contribution < 1.29 is 23.1 Å². The number of carboxylic acids is 1. The fourth-order valence-electron chi connectivity index (χ4n) is 1.59. The summed E-state index contributed by atoms with van der Waals surface area (Å²) in [6.07, 6.45) is 0.735. The van der Waals surface area contributed by atoms with Gasteiger partial charge in [0.1, 0.15) is 0 Å². The van der Waals surface area contributed by atoms with Crippen LogP contribution in [0, 0.1) is 0 Å². The second kappa shape index (κ2) is 5.60. The highest BCUT2D eigenvalue weighted by atomic mass is 32.2. The van der Waals surface area contributed by atoms with E-state index in [1.54, 1.807) is 0 Å². The highest BCUT2D eigenvalue weighted by molar-refractivity contribution is 7.89. The Morgan fingerprint density at radius 2 is 2.25 bits per heavy atom. The Labute approximate surface area is 95.2 Å². The SMILES string of the molecule is CN(C1CCOC1)S(=O)(=O)CCCC(=O)O. The van der Waals surface area contributed by atoms with Gasteiger partial charge in [0, 0.05) is 20.1 Å². The minimum absolute atomic E-state index is 0.102. The van der Waals surface area contributed by atoms with Gasteiger partial charge in [-0.2, -0.15) is 4.31 Å². The van der Waals surface area contributed by atoms with Crippen LogP contribution in [-0.2, 0) is 19.6 Å². The maximum atomic E-state index is 11.8. The van der Waals surface area contributed by atoms with Crippen molar-refractivity contribution in [3.05, 3.63) is 0 Å². The third-order valence-corrected chi connectivity index (χ3v) is 4.63. The Morgan fingerprint density at radius 3 is 2.75 bits per heavy atom. The molecule has 1 fully saturated rings. The lowest BCUT2D eigenvalue weighted by Gasteiger charge is -2.22. The molecule has 1 aliphatic heterocycles. The van der Waals surface area contributed by atoms with Crippen molar-refractivity contribution in [1.29, 1.82) is 0 Å². The number of likely N-dealkylation sites (N-methyl/N-ethyl adjacent to an activating group) is 1. The lowest BCUT2D eigenvalue weighted by Crippen LogP contribution is -2.38. The topological polar surface area (TPSA) is 83.9 Å². The fraction of sp³-hybridized carbons (Fsp3) is 0.889. The summed E-state index contributed by atoms with van der Waals surface area (Å²) in [5, 5.41) is 8.43. The maximum Gasteiger partial charge on any atom is 0.303 e. The summed E-state index contributed by atoms with van der Waals surface area (Å²) in [5.74, 6) is -1.09. The summed E-state index contributed by atoms with van der Waals surface area (Å²) in [6, 6.07) is -0.102. The van der Waals surface area contributed by atoms with Crippen molar-refractivity contribution >= 4 is 16.0 Å². The van der Waals surface area contributed by atoms with Crippen molar-refractivity contribution in [1.82, 2.24) is 4.31 Å². The largest absolute Gasteiger partial charge is 0.481 e. The van der Waals surface area contributed by atoms with Crippen LogP contribution in [0.15, 0.2) is 0 Å². The molecule has 16 heavy (non-hydrogen) atoms. The van der Waals surface area contributed by atoms with Gasteiger partial charge in [-0.25, -0.2) is 8.42 Å². The highest BCUT2D eigenvalue weighted by Crippen LogP contribution is 2.15. The molecule has 0 bridgehead atoms. The first-order valence-corrected chi connectivity index (χ1v) is 6.79. The second-order valence-corrected chi connectivity index (χ2v) is 5.99. The molecule has 0 aromatic rings. The van der Waals surface area contributed by atoms with E-state index in [4.69, 9.17) is 9.84 Å². The first-order valence-electron chi connectivity index (χ1n) is 5.19. The number of hydrogen-bond donors (Lipinski definition) is 1. The molecule has 0 spiro atoms. The van der Waals surface area contributed by atoms with Crippen LogP contribution >= 0.6 is 0 Å². The summed E-state index contributed by atoms with van der Waals surface area (Å²) >= 11 is 0. The monoisotopic (exact) mass is 251 g/mol. The molecule has 6 nitrogen and oxygen atoms in total. The third kappa shape index (κ3) is 3.73. The van der Waals surface area contributed by atoms with E-state index < -0.39 is 16.0 Å². The minimum atomic E-state index is -3.35. The molecule has 0 amide bonds. The van der Waals surface area contributed by atoms with Crippen LogP contribution in [0.2, 0.25) is 0 Å². The maximum absolute atomic E-state index is 11.8. The Balaban J connectivity index is 2.45. The van der Waals surface area contributed by atoms with Crippen molar-refractivity contribution in [2.45, 2.75) is 25.3 Å². The lowest BCUT2D eigenvalue weighted by atomic mass is 10.3. The van der Waals surface area contributed by atoms with E-state index in [-0.39, 0.29) is 24.6 Å². The van der Waals surface area contributed by atoms with E-state index >= 15 is 0 Å². The summed E-state index contributed by atoms with van der Waals surface area (Å²) in [7, 11) is -1.83. The van der Waals surface area contributed by atoms with Crippen LogP contribution in [0.25, 0.3) is 0 Å². The number of carboxylic acid groups (broad SMARTS) is 1. The molecule has 1 rings (SSSR count). The van der Waals surface area contributed by atoms with Crippen molar-refractivity contribution in [3.63, 3.8) is 0 Å². The van der Waals surface area contributed by atoms with Crippen LogP contribution in [0.3, 0.4) is 0 Å². The molecule has 1 unspecified atom stereocenters. The van der Waals surface area contributed by atoms with E-state index in [1.807, 2.05) is 0 Å². The van der Waals surface area contributed by atoms with Gasteiger partial charge >= 0.3 is 5.97 Å². The predicted molar refractivity (Wildman–Crippen MR) is 57.6 cm³/mol. The van der Waals surface area contributed by atoms with Gasteiger partial charge in [-0.3, -0.25) is 4.79 Å². The summed E-state index contributed by atoms with van der Waals surface area (Å²) in [6.45, 7) is 1.01. The average molecular weight is 251 g/mol. The van der Waals surface area contributed by atoms with Gasteiger partial charge in [0.2, 0.25) is 10.0 Å². The second-order valence-electron chi connectivity index (χ2n) is 3.85. The summed E-state index contributed by atoms with van der Waals surface area (Å²) in [4.78, 5) is 10.3. The van der Waals surface area contributed by atoms with Gasteiger partial charge < -0.3 is 9.84 Å². The van der Waals surface area contributed by atoms with Crippen LogP contribution in [0.4, 0.5) is 0 Å². The first kappa shape index (κ1) is 13.4. The van der Waals surface area contributed by atoms with Crippen molar-refractivity contribution in [2.75, 3.05) is 26.0 Å². The Kier molecular flexibility index (Phi) is 4.69. The normalized spacial score (nSPS) is 21.5. The zero-order chi connectivity index (χ0) is 12.2. The average Bonchev–Trinajstić information content (AvgIpc) is 2.68. The number of sulfonamides is 1. The molecule has 0 aliphatic carbocycles. The van der Waals surface area contributed by atoms with E-state index in [0.717, 1.165) is 0 Å². The number of hydrogen-bond acceptors (Lipinski definition) is 4.